The molecule has 0 N–H and O–H groups in total. The van der Waals surface area contributed by atoms with Gasteiger partial charge in [-0.1, -0.05) is 0 Å². The number of hydrogen-bond acceptors (Lipinski definition) is 3. The Labute approximate surface area is 100 Å². The van der Waals surface area contributed by atoms with E-state index in [9.17, 15) is 0 Å². The molecule has 3 heteroatoms. The van der Waals surface area contributed by atoms with Crippen LogP contribution in [0.25, 0.3) is 11.0 Å². The molecule has 0 radical (unpaired) electrons. The number of ether oxygens (including phenoxy) is 2. The Morgan fingerprint density at radius 2 is 1.88 bits per heavy atom. The van der Waals surface area contributed by atoms with E-state index in [1.807, 2.05) is 12.1 Å². The number of fused-ring (bicyclic) bond motifs is 3. The van der Waals surface area contributed by atoms with Gasteiger partial charge < -0.3 is 13.9 Å². The molecule has 3 nitrogen and oxygen atoms in total. The van der Waals surface area contributed by atoms with Gasteiger partial charge in [0.2, 0.25) is 0 Å². The van der Waals surface area contributed by atoms with Crippen LogP contribution in [0.2, 0.25) is 0 Å². The lowest BCUT2D eigenvalue weighted by atomic mass is 9.95. The minimum absolute atomic E-state index is 0.778. The van der Waals surface area contributed by atoms with Crippen LogP contribution in [-0.2, 0) is 12.8 Å². The first-order valence-electron chi connectivity index (χ1n) is 5.99. The maximum atomic E-state index is 5.92. The highest BCUT2D eigenvalue weighted by Crippen LogP contribution is 2.39. The zero-order chi connectivity index (χ0) is 11.8. The maximum absolute atomic E-state index is 5.92. The van der Waals surface area contributed by atoms with E-state index in [1.165, 1.54) is 18.4 Å². The van der Waals surface area contributed by atoms with Gasteiger partial charge in [-0.2, -0.15) is 0 Å². The number of aryl methyl sites for hydroxylation is 2. The Bertz CT molecular complexity index is 554. The molecule has 0 spiro atoms. The molecule has 90 valence electrons. The van der Waals surface area contributed by atoms with Crippen molar-refractivity contribution in [2.24, 2.45) is 0 Å². The fourth-order valence-electron chi connectivity index (χ4n) is 2.61. The van der Waals surface area contributed by atoms with E-state index >= 15 is 0 Å². The van der Waals surface area contributed by atoms with Crippen molar-refractivity contribution in [1.82, 2.24) is 0 Å². The predicted molar refractivity (Wildman–Crippen MR) is 66.0 cm³/mol. The van der Waals surface area contributed by atoms with E-state index in [0.717, 1.165) is 41.1 Å². The number of benzene rings is 1. The third kappa shape index (κ3) is 1.57. The van der Waals surface area contributed by atoms with Gasteiger partial charge in [0.05, 0.1) is 19.6 Å². The van der Waals surface area contributed by atoms with E-state index in [1.54, 1.807) is 14.2 Å². The zero-order valence-electron chi connectivity index (χ0n) is 10.2. The van der Waals surface area contributed by atoms with Crippen molar-refractivity contribution in [1.29, 1.82) is 0 Å². The van der Waals surface area contributed by atoms with Crippen molar-refractivity contribution in [2.45, 2.75) is 25.7 Å². The molecular weight excluding hydrogens is 216 g/mol. The molecule has 1 aliphatic carbocycles. The number of methoxy groups -OCH3 is 2. The van der Waals surface area contributed by atoms with Crippen molar-refractivity contribution in [3.8, 4) is 11.5 Å². The molecule has 1 aromatic carbocycles. The van der Waals surface area contributed by atoms with Crippen molar-refractivity contribution >= 4 is 11.0 Å². The quantitative estimate of drug-likeness (QED) is 0.796. The van der Waals surface area contributed by atoms with Crippen LogP contribution in [0.15, 0.2) is 16.5 Å². The molecule has 0 amide bonds. The highest BCUT2D eigenvalue weighted by Gasteiger charge is 2.21. The summed E-state index contributed by atoms with van der Waals surface area (Å²) >= 11 is 0. The average Bonchev–Trinajstić information content (AvgIpc) is 2.75. The van der Waals surface area contributed by atoms with Gasteiger partial charge in [-0.15, -0.1) is 0 Å². The van der Waals surface area contributed by atoms with E-state index in [-0.39, 0.29) is 0 Å². The summed E-state index contributed by atoms with van der Waals surface area (Å²) < 4.78 is 16.6. The molecule has 1 aromatic heterocycles. The summed E-state index contributed by atoms with van der Waals surface area (Å²) in [6, 6.07) is 3.86. The maximum Gasteiger partial charge on any atom is 0.141 e. The lowest BCUT2D eigenvalue weighted by Gasteiger charge is -2.10. The summed E-state index contributed by atoms with van der Waals surface area (Å²) in [6.45, 7) is 0. The summed E-state index contributed by atoms with van der Waals surface area (Å²) in [6.07, 6.45) is 4.57. The Kier molecular flexibility index (Phi) is 2.46. The van der Waals surface area contributed by atoms with Gasteiger partial charge in [0.25, 0.3) is 0 Å². The third-order valence-electron chi connectivity index (χ3n) is 3.45. The number of rotatable bonds is 2. The summed E-state index contributed by atoms with van der Waals surface area (Å²) in [7, 11) is 3.35. The molecule has 0 unspecified atom stereocenters. The second kappa shape index (κ2) is 3.99. The van der Waals surface area contributed by atoms with Gasteiger partial charge in [-0.3, -0.25) is 0 Å². The second-order valence-electron chi connectivity index (χ2n) is 4.41. The second-order valence-corrected chi connectivity index (χ2v) is 4.41. The minimum Gasteiger partial charge on any atom is -0.496 e. The van der Waals surface area contributed by atoms with Crippen LogP contribution >= 0.6 is 0 Å². The van der Waals surface area contributed by atoms with Gasteiger partial charge in [-0.25, -0.2) is 0 Å². The highest BCUT2D eigenvalue weighted by molar-refractivity contribution is 5.90. The van der Waals surface area contributed by atoms with Crippen LogP contribution in [0.5, 0.6) is 11.5 Å². The van der Waals surface area contributed by atoms with Crippen LogP contribution < -0.4 is 9.47 Å². The Morgan fingerprint density at radius 1 is 1.06 bits per heavy atom. The molecule has 0 saturated heterocycles. The van der Waals surface area contributed by atoms with Crippen molar-refractivity contribution in [3.63, 3.8) is 0 Å². The molecular formula is C14H16O3. The van der Waals surface area contributed by atoms with Gasteiger partial charge in [0, 0.05) is 24.1 Å². The molecule has 0 aliphatic heterocycles. The molecule has 0 bridgehead atoms. The molecule has 0 atom stereocenters. The van der Waals surface area contributed by atoms with Gasteiger partial charge in [-0.05, 0) is 19.3 Å². The zero-order valence-corrected chi connectivity index (χ0v) is 10.2. The van der Waals surface area contributed by atoms with Crippen molar-refractivity contribution < 1.29 is 13.9 Å². The highest BCUT2D eigenvalue weighted by atomic mass is 16.5. The molecule has 0 saturated carbocycles. The number of hydrogen-bond donors (Lipinski definition) is 0. The lowest BCUT2D eigenvalue weighted by molar-refractivity contribution is 0.397. The van der Waals surface area contributed by atoms with Crippen LogP contribution in [0.3, 0.4) is 0 Å². The smallest absolute Gasteiger partial charge is 0.141 e. The normalized spacial score (nSPS) is 14.7. The van der Waals surface area contributed by atoms with Crippen molar-refractivity contribution in [3.05, 3.63) is 23.5 Å². The van der Waals surface area contributed by atoms with E-state index in [0.29, 0.717) is 0 Å². The van der Waals surface area contributed by atoms with Crippen molar-refractivity contribution in [2.75, 3.05) is 14.2 Å². The first-order chi connectivity index (χ1) is 8.33. The minimum atomic E-state index is 0.778. The van der Waals surface area contributed by atoms with Gasteiger partial charge in [0.15, 0.2) is 0 Å². The molecule has 3 rings (SSSR count). The summed E-state index contributed by atoms with van der Waals surface area (Å²) in [5.41, 5.74) is 2.21. The van der Waals surface area contributed by atoms with E-state index in [4.69, 9.17) is 13.9 Å². The topological polar surface area (TPSA) is 31.6 Å². The molecule has 0 fully saturated rings. The van der Waals surface area contributed by atoms with E-state index < -0.39 is 0 Å². The first-order valence-corrected chi connectivity index (χ1v) is 5.99. The van der Waals surface area contributed by atoms with Gasteiger partial charge >= 0.3 is 0 Å². The fourth-order valence-corrected chi connectivity index (χ4v) is 2.61. The van der Waals surface area contributed by atoms with Crippen LogP contribution in [-0.4, -0.2) is 14.2 Å². The predicted octanol–water partition coefficient (Wildman–Crippen LogP) is 3.33. The lowest BCUT2D eigenvalue weighted by Crippen LogP contribution is -1.99. The first kappa shape index (κ1) is 10.5. The summed E-state index contributed by atoms with van der Waals surface area (Å²) in [5, 5.41) is 1.13. The monoisotopic (exact) mass is 232 g/mol. The summed E-state index contributed by atoms with van der Waals surface area (Å²) in [4.78, 5) is 0. The van der Waals surface area contributed by atoms with Crippen LogP contribution in [0, 0.1) is 0 Å². The fraction of sp³-hybridized carbons (Fsp3) is 0.429. The molecule has 2 aromatic rings. The summed E-state index contributed by atoms with van der Waals surface area (Å²) in [5.74, 6) is 2.75. The molecule has 17 heavy (non-hydrogen) atoms. The largest absolute Gasteiger partial charge is 0.496 e. The molecule has 1 heterocycles. The Hall–Kier alpha value is -1.64. The number of furan rings is 1. The Balaban J connectivity index is 2.29. The standard InChI is InChI=1S/C14H16O3/c1-15-9-7-12(16-2)14-10-5-3-4-6-11(10)17-13(14)8-9/h7-8H,3-6H2,1-2H3. The van der Waals surface area contributed by atoms with Gasteiger partial charge in [0.1, 0.15) is 22.8 Å². The van der Waals surface area contributed by atoms with Crippen LogP contribution in [0.4, 0.5) is 0 Å². The SMILES string of the molecule is COc1cc(OC)c2c3c(oc2c1)CCCC3. The molecule has 1 aliphatic rings. The third-order valence-corrected chi connectivity index (χ3v) is 3.45. The van der Waals surface area contributed by atoms with E-state index in [2.05, 4.69) is 0 Å². The van der Waals surface area contributed by atoms with Crippen LogP contribution in [0.1, 0.15) is 24.2 Å². The average molecular weight is 232 g/mol. The Morgan fingerprint density at radius 3 is 2.65 bits per heavy atom.